The lowest BCUT2D eigenvalue weighted by atomic mass is 10.3. The van der Waals surface area contributed by atoms with Crippen molar-refractivity contribution >= 4 is 0 Å². The third-order valence-electron chi connectivity index (χ3n) is 1.67. The number of hydrogen-bond acceptors (Lipinski definition) is 1. The highest BCUT2D eigenvalue weighted by molar-refractivity contribution is 4.59. The third-order valence-corrected chi connectivity index (χ3v) is 1.67. The summed E-state index contributed by atoms with van der Waals surface area (Å²) in [5.74, 6) is 0. The lowest BCUT2D eigenvalue weighted by Crippen LogP contribution is -3.05. The molecule has 0 spiro atoms. The maximum Gasteiger partial charge on any atom is 0.109 e. The minimum absolute atomic E-state index is 0.475. The van der Waals surface area contributed by atoms with Crippen LogP contribution in [-0.2, 0) is 4.74 Å². The molecule has 0 aromatic rings. The highest BCUT2D eigenvalue weighted by Crippen LogP contribution is 1.95. The van der Waals surface area contributed by atoms with Crippen molar-refractivity contribution in [2.24, 2.45) is 0 Å². The molecule has 1 aliphatic heterocycles. The van der Waals surface area contributed by atoms with Crippen molar-refractivity contribution in [2.75, 3.05) is 20.2 Å². The minimum atomic E-state index is 0.475. The fourth-order valence-electron chi connectivity index (χ4n) is 1.09. The molecule has 2 nitrogen and oxygen atoms in total. The molecule has 2 heteroatoms. The van der Waals surface area contributed by atoms with Crippen molar-refractivity contribution < 1.29 is 9.64 Å². The van der Waals surface area contributed by atoms with Crippen LogP contribution in [0.3, 0.4) is 0 Å². The predicted molar refractivity (Wildman–Crippen MR) is 31.5 cm³/mol. The number of likely N-dealkylation sites (tertiary alicyclic amines) is 1. The number of rotatable bonds is 1. The van der Waals surface area contributed by atoms with Gasteiger partial charge in [0, 0.05) is 13.5 Å². The van der Waals surface area contributed by atoms with Crippen molar-refractivity contribution in [3.05, 3.63) is 7.05 Å². The van der Waals surface area contributed by atoms with Gasteiger partial charge in [-0.05, 0) is 0 Å². The number of methoxy groups -OCH3 is 1. The first-order chi connectivity index (χ1) is 3.83. The summed E-state index contributed by atoms with van der Waals surface area (Å²) in [5, 5.41) is 0. The van der Waals surface area contributed by atoms with Crippen molar-refractivity contribution in [3.63, 3.8) is 0 Å². The molecule has 0 radical (unpaired) electrons. The van der Waals surface area contributed by atoms with Crippen LogP contribution >= 0.6 is 0 Å². The molecule has 1 saturated heterocycles. The van der Waals surface area contributed by atoms with Crippen molar-refractivity contribution in [3.8, 4) is 0 Å². The summed E-state index contributed by atoms with van der Waals surface area (Å²) >= 11 is 0. The zero-order valence-corrected chi connectivity index (χ0v) is 5.31. The van der Waals surface area contributed by atoms with Gasteiger partial charge in [-0.15, -0.1) is 0 Å². The molecule has 0 aliphatic carbocycles. The molecule has 0 amide bonds. The maximum absolute atomic E-state index is 5.12. The number of ether oxygens (including phenoxy) is 1. The van der Waals surface area contributed by atoms with Crippen LogP contribution in [0.5, 0.6) is 0 Å². The van der Waals surface area contributed by atoms with E-state index in [1.165, 1.54) is 17.9 Å². The second-order valence-corrected chi connectivity index (χ2v) is 2.35. The van der Waals surface area contributed by atoms with Gasteiger partial charge in [-0.3, -0.25) is 0 Å². The van der Waals surface area contributed by atoms with E-state index in [1.54, 1.807) is 7.11 Å². The van der Waals surface area contributed by atoms with Gasteiger partial charge in [-0.1, -0.05) is 0 Å². The summed E-state index contributed by atoms with van der Waals surface area (Å²) < 4.78 is 5.12. The number of hydrogen-bond donors (Lipinski definition) is 1. The van der Waals surface area contributed by atoms with E-state index >= 15 is 0 Å². The van der Waals surface area contributed by atoms with Crippen LogP contribution in [0.15, 0.2) is 0 Å². The van der Waals surface area contributed by atoms with Gasteiger partial charge in [0.1, 0.15) is 6.10 Å². The highest BCUT2D eigenvalue weighted by Gasteiger charge is 2.18. The average Bonchev–Trinajstić information content (AvgIpc) is 2.14. The van der Waals surface area contributed by atoms with Crippen LogP contribution in [0, 0.1) is 7.05 Å². The first-order valence-electron chi connectivity index (χ1n) is 3.02. The average molecular weight is 115 g/mol. The van der Waals surface area contributed by atoms with Crippen LogP contribution in [0.4, 0.5) is 0 Å². The first kappa shape index (κ1) is 6.05. The third kappa shape index (κ3) is 1.20. The summed E-state index contributed by atoms with van der Waals surface area (Å²) in [6, 6.07) is 0. The zero-order valence-electron chi connectivity index (χ0n) is 5.31. The number of quaternary nitrogens is 1. The SMILES string of the molecule is [CH2-][NH+]1CCC(OC)C1. The smallest absolute Gasteiger partial charge is 0.109 e. The summed E-state index contributed by atoms with van der Waals surface area (Å²) in [6.45, 7) is 2.25. The van der Waals surface area contributed by atoms with E-state index in [1.807, 2.05) is 0 Å². The molecule has 8 heavy (non-hydrogen) atoms. The molecule has 2 unspecified atom stereocenters. The molecule has 1 aliphatic rings. The summed E-state index contributed by atoms with van der Waals surface area (Å²) in [5.41, 5.74) is 0. The van der Waals surface area contributed by atoms with Gasteiger partial charge in [-0.25, -0.2) is 0 Å². The molecular weight excluding hydrogens is 102 g/mol. The first-order valence-corrected chi connectivity index (χ1v) is 3.02. The minimum Gasteiger partial charge on any atom is -0.466 e. The zero-order chi connectivity index (χ0) is 5.98. The van der Waals surface area contributed by atoms with Crippen LogP contribution < -0.4 is 4.90 Å². The molecule has 1 fully saturated rings. The van der Waals surface area contributed by atoms with E-state index in [4.69, 9.17) is 4.74 Å². The molecule has 48 valence electrons. The second-order valence-electron chi connectivity index (χ2n) is 2.35. The fraction of sp³-hybridized carbons (Fsp3) is 0.833. The Morgan fingerprint density at radius 1 is 1.75 bits per heavy atom. The fourth-order valence-corrected chi connectivity index (χ4v) is 1.09. The highest BCUT2D eigenvalue weighted by atomic mass is 16.5. The van der Waals surface area contributed by atoms with E-state index in [-0.39, 0.29) is 0 Å². The second kappa shape index (κ2) is 2.46. The van der Waals surface area contributed by atoms with Gasteiger partial charge in [0.2, 0.25) is 0 Å². The molecule has 0 aromatic carbocycles. The molecule has 1 N–H and O–H groups in total. The van der Waals surface area contributed by atoms with Gasteiger partial charge >= 0.3 is 0 Å². The molecule has 2 atom stereocenters. The van der Waals surface area contributed by atoms with Crippen molar-refractivity contribution in [1.82, 2.24) is 0 Å². The summed E-state index contributed by atoms with van der Waals surface area (Å²) in [7, 11) is 5.64. The Morgan fingerprint density at radius 3 is 2.75 bits per heavy atom. The molecule has 0 bridgehead atoms. The topological polar surface area (TPSA) is 13.7 Å². The van der Waals surface area contributed by atoms with Gasteiger partial charge in [0.15, 0.2) is 0 Å². The van der Waals surface area contributed by atoms with Crippen LogP contribution in [0.2, 0.25) is 0 Å². The monoisotopic (exact) mass is 115 g/mol. The van der Waals surface area contributed by atoms with Gasteiger partial charge in [0.25, 0.3) is 0 Å². The Labute approximate surface area is 50.4 Å². The van der Waals surface area contributed by atoms with E-state index < -0.39 is 0 Å². The Hall–Kier alpha value is -0.0800. The Morgan fingerprint density at radius 2 is 2.50 bits per heavy atom. The quantitative estimate of drug-likeness (QED) is 0.436. The van der Waals surface area contributed by atoms with Crippen LogP contribution in [0.25, 0.3) is 0 Å². The van der Waals surface area contributed by atoms with Gasteiger partial charge < -0.3 is 9.64 Å². The van der Waals surface area contributed by atoms with Crippen molar-refractivity contribution in [1.29, 1.82) is 0 Å². The normalized spacial score (nSPS) is 38.2. The van der Waals surface area contributed by atoms with Crippen molar-refractivity contribution in [2.45, 2.75) is 12.5 Å². The Kier molecular flexibility index (Phi) is 1.86. The maximum atomic E-state index is 5.12. The number of nitrogens with one attached hydrogen (secondary N) is 1. The van der Waals surface area contributed by atoms with Gasteiger partial charge in [-0.2, -0.15) is 7.05 Å². The summed E-state index contributed by atoms with van der Waals surface area (Å²) in [6.07, 6.45) is 1.65. The molecule has 0 aromatic heterocycles. The predicted octanol–water partition coefficient (Wildman–Crippen LogP) is -0.918. The Bertz CT molecular complexity index is 74.9. The molecule has 1 heterocycles. The standard InChI is InChI=1S/C6H13NO/c1-7-4-3-6(5-7)8-2/h6-7H,1,3-5H2,2H3. The van der Waals surface area contributed by atoms with E-state index in [0.29, 0.717) is 6.10 Å². The molecule has 1 rings (SSSR count). The summed E-state index contributed by atoms with van der Waals surface area (Å²) in [4.78, 5) is 1.34. The van der Waals surface area contributed by atoms with Gasteiger partial charge in [0.05, 0.1) is 13.1 Å². The van der Waals surface area contributed by atoms with Crippen LogP contribution in [-0.4, -0.2) is 26.3 Å². The molecule has 0 saturated carbocycles. The van der Waals surface area contributed by atoms with E-state index in [0.717, 1.165) is 6.54 Å². The van der Waals surface area contributed by atoms with Crippen LogP contribution in [0.1, 0.15) is 6.42 Å². The van der Waals surface area contributed by atoms with E-state index in [2.05, 4.69) is 7.05 Å². The van der Waals surface area contributed by atoms with E-state index in [9.17, 15) is 0 Å². The Balaban J connectivity index is 2.22. The largest absolute Gasteiger partial charge is 0.466 e. The lowest BCUT2D eigenvalue weighted by Gasteiger charge is -2.11. The lowest BCUT2D eigenvalue weighted by molar-refractivity contribution is -0.841. The molecular formula is C6H13NO.